The van der Waals surface area contributed by atoms with Gasteiger partial charge in [0.05, 0.1) is 19.8 Å². The zero-order chi connectivity index (χ0) is 23.5. The predicted octanol–water partition coefficient (Wildman–Crippen LogP) is 4.10. The Hall–Kier alpha value is -4.00. The van der Waals surface area contributed by atoms with Crippen molar-refractivity contribution in [2.45, 2.75) is 26.3 Å². The first-order valence-corrected chi connectivity index (χ1v) is 10.7. The lowest BCUT2D eigenvalue weighted by atomic mass is 10.0. The van der Waals surface area contributed by atoms with E-state index in [4.69, 9.17) is 9.47 Å². The zero-order valence-corrected chi connectivity index (χ0v) is 19.1. The van der Waals surface area contributed by atoms with Gasteiger partial charge in [0.25, 0.3) is 5.91 Å². The van der Waals surface area contributed by atoms with Crippen LogP contribution in [0.3, 0.4) is 0 Å². The average Bonchev–Trinajstić information content (AvgIpc) is 3.38. The lowest BCUT2D eigenvalue weighted by Gasteiger charge is -2.17. The number of para-hydroxylation sites is 1. The maximum Gasteiger partial charge on any atom is 0.328 e. The first kappa shape index (κ1) is 22.2. The summed E-state index contributed by atoms with van der Waals surface area (Å²) in [6.45, 7) is 3.82. The van der Waals surface area contributed by atoms with Gasteiger partial charge in [0.1, 0.15) is 11.8 Å². The third-order valence-corrected chi connectivity index (χ3v) is 5.88. The number of methoxy groups -OCH3 is 2. The fourth-order valence-corrected chi connectivity index (χ4v) is 4.23. The van der Waals surface area contributed by atoms with Crippen LogP contribution in [-0.2, 0) is 16.0 Å². The largest absolute Gasteiger partial charge is 0.497 e. The number of ether oxygens (including phenoxy) is 2. The maximum atomic E-state index is 13.2. The van der Waals surface area contributed by atoms with Gasteiger partial charge in [-0.05, 0) is 43.7 Å². The Kier molecular flexibility index (Phi) is 6.22. The Morgan fingerprint density at radius 3 is 2.61 bits per heavy atom. The molecule has 7 nitrogen and oxygen atoms in total. The molecule has 4 aromatic rings. The summed E-state index contributed by atoms with van der Waals surface area (Å²) in [5.41, 5.74) is 4.98. The number of rotatable bonds is 7. The number of benzene rings is 2. The number of fused-ring (bicyclic) bond motifs is 1. The second-order valence-corrected chi connectivity index (χ2v) is 7.93. The van der Waals surface area contributed by atoms with Crippen molar-refractivity contribution in [3.8, 4) is 11.4 Å². The Morgan fingerprint density at radius 2 is 1.85 bits per heavy atom. The quantitative estimate of drug-likeness (QED) is 0.420. The van der Waals surface area contributed by atoms with Crippen LogP contribution in [0.25, 0.3) is 16.6 Å². The van der Waals surface area contributed by atoms with Gasteiger partial charge in [-0.3, -0.25) is 4.79 Å². The molecular formula is C26H27N3O4. The number of H-pyrrole nitrogens is 1. The second-order valence-electron chi connectivity index (χ2n) is 7.93. The van der Waals surface area contributed by atoms with Crippen molar-refractivity contribution in [2.75, 3.05) is 14.2 Å². The summed E-state index contributed by atoms with van der Waals surface area (Å²) < 4.78 is 12.3. The van der Waals surface area contributed by atoms with Crippen LogP contribution >= 0.6 is 0 Å². The minimum Gasteiger partial charge on any atom is -0.497 e. The van der Waals surface area contributed by atoms with Crippen LogP contribution in [0.5, 0.6) is 5.75 Å². The minimum atomic E-state index is -0.818. The van der Waals surface area contributed by atoms with Gasteiger partial charge >= 0.3 is 5.97 Å². The van der Waals surface area contributed by atoms with E-state index in [1.54, 1.807) is 7.11 Å². The van der Waals surface area contributed by atoms with Crippen molar-refractivity contribution in [3.63, 3.8) is 0 Å². The molecule has 0 aliphatic heterocycles. The summed E-state index contributed by atoms with van der Waals surface area (Å²) in [5.74, 6) is -0.0850. The van der Waals surface area contributed by atoms with Crippen molar-refractivity contribution in [3.05, 3.63) is 83.3 Å². The second kappa shape index (κ2) is 9.24. The fraction of sp³-hybridized carbons (Fsp3) is 0.231. The highest BCUT2D eigenvalue weighted by atomic mass is 16.5. The molecule has 0 saturated heterocycles. The van der Waals surface area contributed by atoms with E-state index in [9.17, 15) is 9.59 Å². The summed E-state index contributed by atoms with van der Waals surface area (Å²) in [5, 5.41) is 3.89. The molecule has 1 amide bonds. The van der Waals surface area contributed by atoms with Crippen LogP contribution in [0.4, 0.5) is 0 Å². The monoisotopic (exact) mass is 445 g/mol. The predicted molar refractivity (Wildman–Crippen MR) is 127 cm³/mol. The number of nitrogens with one attached hydrogen (secondary N) is 2. The first-order valence-electron chi connectivity index (χ1n) is 10.7. The lowest BCUT2D eigenvalue weighted by Crippen LogP contribution is -2.43. The summed E-state index contributed by atoms with van der Waals surface area (Å²) in [7, 11) is 2.94. The number of aryl methyl sites for hydroxylation is 1. The van der Waals surface area contributed by atoms with Crippen LogP contribution < -0.4 is 10.1 Å². The van der Waals surface area contributed by atoms with Crippen molar-refractivity contribution in [1.29, 1.82) is 0 Å². The number of hydrogen-bond acceptors (Lipinski definition) is 4. The molecule has 0 aliphatic carbocycles. The summed E-state index contributed by atoms with van der Waals surface area (Å²) in [6, 6.07) is 16.5. The Bertz CT molecular complexity index is 1320. The first-order chi connectivity index (χ1) is 15.9. The van der Waals surface area contributed by atoms with E-state index < -0.39 is 12.0 Å². The molecule has 0 unspecified atom stereocenters. The van der Waals surface area contributed by atoms with Crippen LogP contribution in [0.15, 0.2) is 60.8 Å². The molecule has 0 spiro atoms. The summed E-state index contributed by atoms with van der Waals surface area (Å²) >= 11 is 0. The number of hydrogen-bond donors (Lipinski definition) is 2. The van der Waals surface area contributed by atoms with Gasteiger partial charge in [-0.15, -0.1) is 0 Å². The van der Waals surface area contributed by atoms with Gasteiger partial charge in [0, 0.05) is 46.7 Å². The number of nitrogens with zero attached hydrogens (tertiary/aromatic N) is 1. The van der Waals surface area contributed by atoms with Gasteiger partial charge in [0.15, 0.2) is 0 Å². The highest BCUT2D eigenvalue weighted by molar-refractivity contribution is 5.98. The Morgan fingerprint density at radius 1 is 1.06 bits per heavy atom. The van der Waals surface area contributed by atoms with Crippen LogP contribution in [-0.4, -0.2) is 41.7 Å². The summed E-state index contributed by atoms with van der Waals surface area (Å²) in [6.07, 6.45) is 2.18. The minimum absolute atomic E-state index is 0.317. The molecule has 170 valence electrons. The van der Waals surface area contributed by atoms with Crippen molar-refractivity contribution >= 4 is 22.8 Å². The molecule has 1 atom stereocenters. The molecule has 0 aliphatic rings. The molecular weight excluding hydrogens is 418 g/mol. The van der Waals surface area contributed by atoms with E-state index in [1.807, 2.05) is 79.2 Å². The third-order valence-electron chi connectivity index (χ3n) is 5.88. The average molecular weight is 446 g/mol. The van der Waals surface area contributed by atoms with Crippen molar-refractivity contribution in [2.24, 2.45) is 0 Å². The molecule has 0 fully saturated rings. The standard InChI is InChI=1S/C26H27N3O4/c1-16-12-22(17(2)29(16)19-8-7-9-20(14-19)32-3)25(30)28-24(26(31)33-4)13-18-15-27-23-11-6-5-10-21(18)23/h5-12,14-15,24,27H,13H2,1-4H3,(H,28,30)/t24-/m1/s1. The number of esters is 1. The molecule has 33 heavy (non-hydrogen) atoms. The number of aromatic nitrogens is 2. The lowest BCUT2D eigenvalue weighted by molar-refractivity contribution is -0.142. The third kappa shape index (κ3) is 4.35. The van der Waals surface area contributed by atoms with Gasteiger partial charge in [0.2, 0.25) is 0 Å². The maximum absolute atomic E-state index is 13.2. The zero-order valence-electron chi connectivity index (χ0n) is 19.1. The van der Waals surface area contributed by atoms with E-state index in [-0.39, 0.29) is 5.91 Å². The van der Waals surface area contributed by atoms with Gasteiger partial charge in [-0.25, -0.2) is 4.79 Å². The van der Waals surface area contributed by atoms with E-state index in [0.717, 1.165) is 39.3 Å². The van der Waals surface area contributed by atoms with Gasteiger partial charge in [-0.1, -0.05) is 24.3 Å². The van der Waals surface area contributed by atoms with Crippen LogP contribution in [0.1, 0.15) is 27.3 Å². The molecule has 0 radical (unpaired) electrons. The number of carbonyl (C=O) groups excluding carboxylic acids is 2. The molecule has 0 saturated carbocycles. The molecule has 0 bridgehead atoms. The van der Waals surface area contributed by atoms with E-state index in [1.165, 1.54) is 7.11 Å². The Balaban J connectivity index is 1.61. The smallest absolute Gasteiger partial charge is 0.328 e. The summed E-state index contributed by atoms with van der Waals surface area (Å²) in [4.78, 5) is 29.0. The van der Waals surface area contributed by atoms with E-state index in [0.29, 0.717) is 12.0 Å². The highest BCUT2D eigenvalue weighted by Gasteiger charge is 2.26. The molecule has 7 heteroatoms. The van der Waals surface area contributed by atoms with Gasteiger partial charge in [-0.2, -0.15) is 0 Å². The number of carbonyl (C=O) groups is 2. The van der Waals surface area contributed by atoms with Gasteiger partial charge < -0.3 is 24.3 Å². The van der Waals surface area contributed by atoms with Crippen molar-refractivity contribution < 1.29 is 19.1 Å². The van der Waals surface area contributed by atoms with Crippen LogP contribution in [0.2, 0.25) is 0 Å². The molecule has 2 aromatic heterocycles. The Labute approximate surface area is 192 Å². The molecule has 2 N–H and O–H groups in total. The molecule has 4 rings (SSSR count). The van der Waals surface area contributed by atoms with Crippen molar-refractivity contribution in [1.82, 2.24) is 14.9 Å². The molecule has 2 heterocycles. The molecule has 2 aromatic carbocycles. The number of amides is 1. The normalized spacial score (nSPS) is 11.9. The van der Waals surface area contributed by atoms with E-state index in [2.05, 4.69) is 10.3 Å². The van der Waals surface area contributed by atoms with Crippen LogP contribution in [0, 0.1) is 13.8 Å². The SMILES string of the molecule is COC(=O)[C@@H](Cc1c[nH]c2ccccc12)NC(=O)c1cc(C)n(-c2cccc(OC)c2)c1C. The van der Waals surface area contributed by atoms with E-state index >= 15 is 0 Å². The number of aromatic amines is 1. The highest BCUT2D eigenvalue weighted by Crippen LogP contribution is 2.24. The fourth-order valence-electron chi connectivity index (χ4n) is 4.23. The topological polar surface area (TPSA) is 85.4 Å².